The van der Waals surface area contributed by atoms with Crippen molar-refractivity contribution in [3.63, 3.8) is 0 Å². The van der Waals surface area contributed by atoms with Crippen molar-refractivity contribution in [1.29, 1.82) is 0 Å². The molecule has 0 radical (unpaired) electrons. The molecule has 3 aliphatic rings. The van der Waals surface area contributed by atoms with E-state index in [1.807, 2.05) is 24.3 Å². The van der Waals surface area contributed by atoms with Gasteiger partial charge in [0.05, 0.1) is 43.2 Å². The monoisotopic (exact) mass is 1400 g/mol. The van der Waals surface area contributed by atoms with Crippen LogP contribution < -0.4 is 46.6 Å². The molecule has 3 fully saturated rings. The summed E-state index contributed by atoms with van der Waals surface area (Å²) in [5.74, 6) is -10.1. The molecule has 8 amide bonds. The predicted molar refractivity (Wildman–Crippen MR) is 345 cm³/mol. The van der Waals surface area contributed by atoms with Crippen LogP contribution >= 0.6 is 23.7 Å². The number of methoxy groups -OCH3 is 1. The number of phenols is 1. The number of hydrogen-bond acceptors (Lipinski definition) is 27. The SMILES string of the molecule is COCCCCCCCOc1ccc(-c2nnc(-c3ccc(C(=O)N[C@H]4C[C@H](O)CNC(=O)[C@@H]5[C@@H](O)[C@H](C)CN5C(=O)[C@H]([C@H](O)CCNC(=O)[C@@H](O)CCN)NC(=O)[C@H]([C@H](O)Cc5ccc(O)c(OSOOO)c5)NC(=O)[C@@H]5C[C@H](O)CN5C(=O)[C@H]([C@H](C)O)NC4=O)cc3)s2)cc1. The van der Waals surface area contributed by atoms with Crippen molar-refractivity contribution in [1.82, 2.24) is 51.9 Å². The Bertz CT molecular complexity index is 3280. The summed E-state index contributed by atoms with van der Waals surface area (Å²) in [5.41, 5.74) is 6.93. The quantitative estimate of drug-likeness (QED) is 0.0128. The van der Waals surface area contributed by atoms with Gasteiger partial charge in [-0.15, -0.1) is 10.2 Å². The van der Waals surface area contributed by atoms with E-state index in [1.54, 1.807) is 19.2 Å². The van der Waals surface area contributed by atoms with E-state index in [2.05, 4.69) is 51.5 Å². The molecule has 0 aliphatic carbocycles. The third-order valence-electron chi connectivity index (χ3n) is 16.6. The molecule has 35 heteroatoms. The molecule has 3 aromatic carbocycles. The van der Waals surface area contributed by atoms with Crippen molar-refractivity contribution in [2.24, 2.45) is 11.7 Å². The lowest BCUT2D eigenvalue weighted by Crippen LogP contribution is -2.64. The van der Waals surface area contributed by atoms with Gasteiger partial charge >= 0.3 is 0 Å². The van der Waals surface area contributed by atoms with Crippen LogP contribution in [0.5, 0.6) is 17.2 Å². The molecule has 0 bridgehead atoms. The molecule has 1 aromatic heterocycles. The molecule has 17 N–H and O–H groups in total. The molecule has 33 nitrogen and oxygen atoms in total. The lowest BCUT2D eigenvalue weighted by Gasteiger charge is -2.34. The number of aromatic nitrogens is 2. The first-order chi connectivity index (χ1) is 46.4. The van der Waals surface area contributed by atoms with E-state index < -0.39 is 190 Å². The van der Waals surface area contributed by atoms with Gasteiger partial charge < -0.3 is 102 Å². The molecule has 0 unspecified atom stereocenters. The Morgan fingerprint density at radius 1 is 0.753 bits per heavy atom. The van der Waals surface area contributed by atoms with Crippen LogP contribution in [-0.4, -0.2) is 245 Å². The zero-order valence-corrected chi connectivity index (χ0v) is 55.1. The van der Waals surface area contributed by atoms with Crippen molar-refractivity contribution < 1.29 is 107 Å². The van der Waals surface area contributed by atoms with Crippen molar-refractivity contribution in [2.45, 2.75) is 157 Å². The fraction of sp³-hybridized carbons (Fsp3) is 0.548. The predicted octanol–water partition coefficient (Wildman–Crippen LogP) is -1.92. The van der Waals surface area contributed by atoms with Gasteiger partial charge in [-0.25, -0.2) is 5.26 Å². The summed E-state index contributed by atoms with van der Waals surface area (Å²) >= 11 is 1.34. The van der Waals surface area contributed by atoms with Crippen molar-refractivity contribution in [2.75, 3.05) is 53.0 Å². The van der Waals surface area contributed by atoms with E-state index in [1.165, 1.54) is 36.5 Å². The number of unbranched alkanes of at least 4 members (excludes halogenated alkanes) is 4. The molecule has 532 valence electrons. The van der Waals surface area contributed by atoms with Gasteiger partial charge in [0.2, 0.25) is 41.4 Å². The van der Waals surface area contributed by atoms with Gasteiger partial charge in [0.1, 0.15) is 58.1 Å². The van der Waals surface area contributed by atoms with E-state index >= 15 is 4.79 Å². The number of nitrogens with one attached hydrogen (secondary N) is 6. The minimum atomic E-state index is -2.20. The number of ether oxygens (including phenoxy) is 2. The highest BCUT2D eigenvalue weighted by atomic mass is 32.2. The van der Waals surface area contributed by atoms with Crippen molar-refractivity contribution in [3.05, 3.63) is 77.9 Å². The van der Waals surface area contributed by atoms with E-state index in [-0.39, 0.29) is 42.2 Å². The number of carbonyl (C=O) groups is 8. The molecule has 0 spiro atoms. The summed E-state index contributed by atoms with van der Waals surface area (Å²) in [6, 6.07) is 5.34. The second kappa shape index (κ2) is 37.3. The molecular formula is C62H85N11O22S2. The zero-order chi connectivity index (χ0) is 70.5. The van der Waals surface area contributed by atoms with E-state index in [9.17, 15) is 74.4 Å². The normalized spacial score (nSPS) is 24.3. The van der Waals surface area contributed by atoms with E-state index in [0.717, 1.165) is 73.1 Å². The summed E-state index contributed by atoms with van der Waals surface area (Å²) in [4.78, 5) is 117. The fourth-order valence-corrected chi connectivity index (χ4v) is 12.3. The number of aliphatic hydroxyl groups is 7. The maximum absolute atomic E-state index is 15.0. The maximum atomic E-state index is 15.0. The average Bonchev–Trinajstić information content (AvgIpc) is 1.72. The summed E-state index contributed by atoms with van der Waals surface area (Å²) < 4.78 is 20.4. The van der Waals surface area contributed by atoms with Gasteiger partial charge in [-0.3, -0.25) is 38.4 Å². The summed E-state index contributed by atoms with van der Waals surface area (Å²) in [7, 11) is 1.69. The van der Waals surface area contributed by atoms with Crippen LogP contribution in [0.25, 0.3) is 21.1 Å². The average molecular weight is 1400 g/mol. The Kier molecular flexibility index (Phi) is 29.4. The maximum Gasteiger partial charge on any atom is 0.261 e. The lowest BCUT2D eigenvalue weighted by molar-refractivity contribution is -0.433. The Labute approximate surface area is 566 Å². The largest absolute Gasteiger partial charge is 0.504 e. The number of benzene rings is 3. The molecular weight excluding hydrogens is 1310 g/mol. The number of aromatic hydroxyl groups is 1. The summed E-state index contributed by atoms with van der Waals surface area (Å²) in [6.45, 7) is 1.67. The first-order valence-corrected chi connectivity index (χ1v) is 33.1. The smallest absolute Gasteiger partial charge is 0.261 e. The van der Waals surface area contributed by atoms with Crippen LogP contribution in [0.3, 0.4) is 0 Å². The number of β-amino-alcohol motifs (C(OH)–C–C–N with tert-alkyl or cyclic N) is 1. The first-order valence-electron chi connectivity index (χ1n) is 31.6. The molecule has 4 aromatic rings. The van der Waals surface area contributed by atoms with Crippen LogP contribution in [0.15, 0.2) is 66.7 Å². The highest BCUT2D eigenvalue weighted by molar-refractivity contribution is 7.90. The van der Waals surface area contributed by atoms with Gasteiger partial charge in [-0.1, -0.05) is 65.1 Å². The summed E-state index contributed by atoms with van der Waals surface area (Å²) in [6.07, 6.45) is -9.62. The standard InChI is InChI=1S/C62H85N11O22S2/c1-32-30-73-51(52(32)81)58(87)65-29-38(75)27-41(66-53(82)35-10-12-36(13-11-35)59-70-71-60(96-59)37-14-16-40(17-15-37)92-24-8-6-4-5-7-23-91-3)54(83)67-48(33(2)74)61(88)72-31-39(76)28-42(72)55(84)68-49(46(80)25-34-9-18-43(77)47(26-34)93-97-95-94-90)57(86)69-50(62(73)89)44(78)20-22-64-56(85)45(79)19-21-63/h9-18,26,32-33,38-39,41-42,44-46,48-52,74-81,90H,4-8,19-25,27-31,63H2,1-3H3,(H,64,85)(H,65,87)(H,66,82)(H,67,83)(H,68,84)(H,69,86)/t32-,33+,38+,39+,41+,42+,44-,45+,46-,48+,49+,50+,51+,52+/m1/s1. The Hall–Kier alpha value is -7.75. The number of carbonyl (C=O) groups excluding carboxylic acids is 8. The van der Waals surface area contributed by atoms with Crippen molar-refractivity contribution in [3.8, 4) is 38.4 Å². The molecule has 7 rings (SSSR count). The van der Waals surface area contributed by atoms with Crippen molar-refractivity contribution >= 4 is 70.9 Å². The van der Waals surface area contributed by atoms with E-state index in [0.29, 0.717) is 27.9 Å². The lowest BCUT2D eigenvalue weighted by atomic mass is 9.98. The van der Waals surface area contributed by atoms with Crippen LogP contribution in [0, 0.1) is 5.92 Å². The fourth-order valence-electron chi connectivity index (χ4n) is 11.2. The van der Waals surface area contributed by atoms with Crippen LogP contribution in [0.2, 0.25) is 0 Å². The van der Waals surface area contributed by atoms with Gasteiger partial charge in [0.15, 0.2) is 11.5 Å². The second-order valence-corrected chi connectivity index (χ2v) is 25.3. The summed E-state index contributed by atoms with van der Waals surface area (Å²) in [5, 5.41) is 126. The van der Waals surface area contributed by atoms with Gasteiger partial charge in [0, 0.05) is 81.8 Å². The van der Waals surface area contributed by atoms with Crippen LogP contribution in [0.4, 0.5) is 0 Å². The zero-order valence-electron chi connectivity index (χ0n) is 53.5. The molecule has 14 atom stereocenters. The highest BCUT2D eigenvalue weighted by Crippen LogP contribution is 2.33. The van der Waals surface area contributed by atoms with Crippen LogP contribution in [0.1, 0.15) is 87.6 Å². The third-order valence-corrected chi connectivity index (χ3v) is 17.9. The molecule has 3 aliphatic heterocycles. The van der Waals surface area contributed by atoms with Gasteiger partial charge in [-0.05, 0) is 93.2 Å². The van der Waals surface area contributed by atoms with E-state index in [4.69, 9.17) is 24.6 Å². The Balaban J connectivity index is 1.17. The van der Waals surface area contributed by atoms with Crippen LogP contribution in [-0.2, 0) is 54.1 Å². The Morgan fingerprint density at radius 3 is 2.05 bits per heavy atom. The van der Waals surface area contributed by atoms with Gasteiger partial charge in [-0.2, -0.15) is 0 Å². The number of nitrogens with two attached hydrogens (primary N) is 1. The molecule has 97 heavy (non-hydrogen) atoms. The number of rotatable bonds is 28. The molecule has 4 heterocycles. The topological polar surface area (TPSA) is 495 Å². The number of hydrogen-bond donors (Lipinski definition) is 16. The number of aliphatic hydroxyl groups excluding tert-OH is 7. The minimum Gasteiger partial charge on any atom is -0.504 e. The number of phenolic OH excluding ortho intramolecular Hbond substituents is 1. The Morgan fingerprint density at radius 2 is 1.39 bits per heavy atom. The molecule has 0 saturated carbocycles. The minimum absolute atomic E-state index is 0.00280. The second-order valence-electron chi connectivity index (χ2n) is 23.9. The number of amides is 8. The first kappa shape index (κ1) is 76.6. The third kappa shape index (κ3) is 21.4. The number of fused-ring (bicyclic) bond motifs is 2. The molecule has 3 saturated heterocycles. The number of nitrogens with zero attached hydrogens (tertiary/aromatic N) is 4. The highest BCUT2D eigenvalue weighted by Gasteiger charge is 2.50. The van der Waals surface area contributed by atoms with Gasteiger partial charge in [0.25, 0.3) is 18.2 Å².